The van der Waals surface area contributed by atoms with Gasteiger partial charge >= 0.3 is 12.7 Å². The normalized spacial score (nSPS) is 14.3. The van der Waals surface area contributed by atoms with Gasteiger partial charge in [-0.15, -0.1) is 0 Å². The summed E-state index contributed by atoms with van der Waals surface area (Å²) < 4.78 is 31.7. The number of rotatable bonds is 9. The van der Waals surface area contributed by atoms with Crippen LogP contribution in [0.25, 0.3) is 0 Å². The Morgan fingerprint density at radius 2 is 1.70 bits per heavy atom. The minimum atomic E-state index is -3.02. The molecular weight excluding hydrogens is 637 g/mol. The smallest absolute Gasteiger partial charge is 0.413 e. The molecule has 9 nitrogen and oxygen atoms in total. The van der Waals surface area contributed by atoms with E-state index in [1.54, 1.807) is 30.3 Å². The van der Waals surface area contributed by atoms with Crippen molar-refractivity contribution in [3.05, 3.63) is 98.7 Å². The Kier molecular flexibility index (Phi) is 10.1. The molecule has 1 aliphatic rings. The van der Waals surface area contributed by atoms with Crippen LogP contribution in [0, 0.1) is 20.8 Å². The number of benzene rings is 3. The van der Waals surface area contributed by atoms with Gasteiger partial charge in [0.25, 0.3) is 0 Å². The zero-order valence-electron chi connectivity index (χ0n) is 25.8. The van der Waals surface area contributed by atoms with E-state index in [-0.39, 0.29) is 17.5 Å². The third-order valence-corrected chi connectivity index (χ3v) is 8.47. The molecule has 13 heteroatoms. The SMILES string of the molecule is Cc1cc(C)c(C(c2cc(Cl)ccc2Cl)N(C(=O)O)c2ccnc(Nc3ccc(N4CCN(C)CC4)c(OC(F)F)c3)n2)c(C)c1. The van der Waals surface area contributed by atoms with Gasteiger partial charge in [-0.05, 0) is 86.5 Å². The van der Waals surface area contributed by atoms with E-state index in [0.717, 1.165) is 40.2 Å². The molecule has 0 bridgehead atoms. The van der Waals surface area contributed by atoms with Crippen LogP contribution in [0.1, 0.15) is 33.9 Å². The molecule has 1 atom stereocenters. The maximum atomic E-state index is 13.4. The predicted octanol–water partition coefficient (Wildman–Crippen LogP) is 8.08. The van der Waals surface area contributed by atoms with Gasteiger partial charge in [0.2, 0.25) is 5.95 Å². The highest BCUT2D eigenvalue weighted by atomic mass is 35.5. The summed E-state index contributed by atoms with van der Waals surface area (Å²) >= 11 is 13.1. The molecule has 2 heterocycles. The summed E-state index contributed by atoms with van der Waals surface area (Å²) in [5.41, 5.74) is 4.90. The van der Waals surface area contributed by atoms with Gasteiger partial charge in [-0.3, -0.25) is 0 Å². The summed E-state index contributed by atoms with van der Waals surface area (Å²) in [5, 5.41) is 14.4. The van der Waals surface area contributed by atoms with Gasteiger partial charge < -0.3 is 25.0 Å². The summed E-state index contributed by atoms with van der Waals surface area (Å²) in [6.45, 7) is 5.69. The number of hydrogen-bond acceptors (Lipinski definition) is 7. The van der Waals surface area contributed by atoms with E-state index in [4.69, 9.17) is 27.9 Å². The fourth-order valence-corrected chi connectivity index (χ4v) is 6.28. The number of ether oxygens (including phenoxy) is 1. The van der Waals surface area contributed by atoms with Crippen LogP contribution in [-0.2, 0) is 0 Å². The van der Waals surface area contributed by atoms with Crippen molar-refractivity contribution < 1.29 is 23.4 Å². The van der Waals surface area contributed by atoms with Crippen molar-refractivity contribution in [1.29, 1.82) is 0 Å². The third kappa shape index (κ3) is 7.43. The standard InChI is InChI=1S/C33H34Cl2F2N6O3/c1-19-15-20(2)29(21(3)16-19)30(24-17-22(34)5-7-25(24)35)43(33(44)45)28-9-10-38-32(40-28)39-23-6-8-26(27(18-23)46-31(36)37)42-13-11-41(4)12-14-42/h5-10,15-18,30-31H,11-14H2,1-4H3,(H,44,45)(H,38,39,40). The Labute approximate surface area is 276 Å². The minimum absolute atomic E-state index is 0.00820. The number of aromatic nitrogens is 2. The molecule has 1 saturated heterocycles. The molecule has 46 heavy (non-hydrogen) atoms. The number of nitrogens with zero attached hydrogens (tertiary/aromatic N) is 5. The van der Waals surface area contributed by atoms with Gasteiger partial charge in [-0.1, -0.05) is 40.9 Å². The van der Waals surface area contributed by atoms with E-state index < -0.39 is 18.7 Å². The lowest BCUT2D eigenvalue weighted by molar-refractivity contribution is -0.0495. The number of hydrogen-bond donors (Lipinski definition) is 2. The van der Waals surface area contributed by atoms with Crippen molar-refractivity contribution in [1.82, 2.24) is 14.9 Å². The number of aryl methyl sites for hydroxylation is 3. The number of amides is 1. The average Bonchev–Trinajstić information content (AvgIpc) is 2.98. The molecule has 2 N–H and O–H groups in total. The Bertz CT molecular complexity index is 1710. The Hall–Kier alpha value is -4.19. The van der Waals surface area contributed by atoms with E-state index in [0.29, 0.717) is 40.1 Å². The first-order chi connectivity index (χ1) is 21.9. The fraction of sp³-hybridized carbons (Fsp3) is 0.303. The highest BCUT2D eigenvalue weighted by Crippen LogP contribution is 2.41. The minimum Gasteiger partial charge on any atom is -0.465 e. The zero-order chi connectivity index (χ0) is 33.1. The molecule has 0 radical (unpaired) electrons. The predicted molar refractivity (Wildman–Crippen MR) is 178 cm³/mol. The van der Waals surface area contributed by atoms with Crippen molar-refractivity contribution in [2.45, 2.75) is 33.4 Å². The number of carbonyl (C=O) groups is 1. The van der Waals surface area contributed by atoms with E-state index in [9.17, 15) is 18.7 Å². The summed E-state index contributed by atoms with van der Waals surface area (Å²) in [4.78, 5) is 27.2. The van der Waals surface area contributed by atoms with E-state index >= 15 is 0 Å². The fourth-order valence-electron chi connectivity index (χ4n) is 5.87. The summed E-state index contributed by atoms with van der Waals surface area (Å²) in [7, 11) is 2.01. The van der Waals surface area contributed by atoms with Gasteiger partial charge in [0, 0.05) is 54.2 Å². The molecule has 1 aliphatic heterocycles. The number of nitrogens with one attached hydrogen (secondary N) is 1. The Morgan fingerprint density at radius 3 is 2.35 bits per heavy atom. The topological polar surface area (TPSA) is 94.1 Å². The van der Waals surface area contributed by atoms with Crippen LogP contribution in [0.15, 0.2) is 60.8 Å². The van der Waals surface area contributed by atoms with Crippen LogP contribution in [-0.4, -0.2) is 65.9 Å². The van der Waals surface area contributed by atoms with Gasteiger partial charge in [-0.25, -0.2) is 14.7 Å². The highest BCUT2D eigenvalue weighted by molar-refractivity contribution is 6.33. The molecule has 3 aromatic carbocycles. The van der Waals surface area contributed by atoms with Crippen LogP contribution >= 0.6 is 23.2 Å². The molecule has 0 saturated carbocycles. The first kappa shape index (κ1) is 33.2. The third-order valence-electron chi connectivity index (χ3n) is 7.89. The molecule has 4 aromatic rings. The van der Waals surface area contributed by atoms with E-state index in [1.165, 1.54) is 18.3 Å². The van der Waals surface area contributed by atoms with E-state index in [2.05, 4.69) is 20.2 Å². The molecule has 1 amide bonds. The highest BCUT2D eigenvalue weighted by Gasteiger charge is 2.33. The van der Waals surface area contributed by atoms with Gasteiger partial charge in [-0.2, -0.15) is 13.8 Å². The molecule has 1 aromatic heterocycles. The maximum Gasteiger partial charge on any atom is 0.413 e. The lowest BCUT2D eigenvalue weighted by Crippen LogP contribution is -2.44. The Balaban J connectivity index is 1.55. The van der Waals surface area contributed by atoms with Crippen molar-refractivity contribution in [3.63, 3.8) is 0 Å². The first-order valence-corrected chi connectivity index (χ1v) is 15.3. The number of carboxylic acid groups (broad SMARTS) is 1. The lowest BCUT2D eigenvalue weighted by Gasteiger charge is -2.35. The van der Waals surface area contributed by atoms with Crippen LogP contribution in [0.4, 0.5) is 36.7 Å². The molecule has 5 rings (SSSR count). The second-order valence-corrected chi connectivity index (χ2v) is 12.1. The van der Waals surface area contributed by atoms with Crippen LogP contribution in [0.5, 0.6) is 5.75 Å². The van der Waals surface area contributed by atoms with Crippen LogP contribution < -0.4 is 19.9 Å². The van der Waals surface area contributed by atoms with Crippen LogP contribution in [0.2, 0.25) is 10.0 Å². The summed E-state index contributed by atoms with van der Waals surface area (Å²) in [6.07, 6.45) is 0.135. The number of likely N-dealkylation sites (N-methyl/N-ethyl adjacent to an activating group) is 1. The summed E-state index contributed by atoms with van der Waals surface area (Å²) in [6, 6.07) is 14.3. The number of halogens is 4. The van der Waals surface area contributed by atoms with Crippen molar-refractivity contribution in [3.8, 4) is 5.75 Å². The molecule has 0 spiro atoms. The molecule has 1 fully saturated rings. The second-order valence-electron chi connectivity index (χ2n) is 11.2. The number of piperazine rings is 1. The van der Waals surface area contributed by atoms with Crippen molar-refractivity contribution in [2.75, 3.05) is 48.3 Å². The van der Waals surface area contributed by atoms with Gasteiger partial charge in [0.05, 0.1) is 11.7 Å². The first-order valence-electron chi connectivity index (χ1n) is 14.6. The maximum absolute atomic E-state index is 13.4. The van der Waals surface area contributed by atoms with Crippen molar-refractivity contribution in [2.24, 2.45) is 0 Å². The van der Waals surface area contributed by atoms with Gasteiger partial charge in [0.1, 0.15) is 5.82 Å². The van der Waals surface area contributed by atoms with Gasteiger partial charge in [0.15, 0.2) is 5.75 Å². The second kappa shape index (κ2) is 14.1. The summed E-state index contributed by atoms with van der Waals surface area (Å²) in [5.74, 6) is 0.116. The molecule has 1 unspecified atom stereocenters. The zero-order valence-corrected chi connectivity index (χ0v) is 27.3. The number of anilines is 4. The quantitative estimate of drug-likeness (QED) is 0.185. The molecular formula is C33H34Cl2F2N6O3. The Morgan fingerprint density at radius 1 is 1.00 bits per heavy atom. The lowest BCUT2D eigenvalue weighted by atomic mass is 9.89. The molecule has 242 valence electrons. The monoisotopic (exact) mass is 670 g/mol. The molecule has 0 aliphatic carbocycles. The number of alkyl halides is 2. The van der Waals surface area contributed by atoms with E-state index in [1.807, 2.05) is 44.9 Å². The average molecular weight is 672 g/mol. The largest absolute Gasteiger partial charge is 0.465 e. The van der Waals surface area contributed by atoms with Crippen LogP contribution in [0.3, 0.4) is 0 Å². The van der Waals surface area contributed by atoms with Crippen molar-refractivity contribution >= 4 is 52.4 Å².